The van der Waals surface area contributed by atoms with E-state index in [1.54, 1.807) is 16.9 Å². The third-order valence-electron chi connectivity index (χ3n) is 5.81. The molecule has 8 nitrogen and oxygen atoms in total. The molecule has 1 atom stereocenters. The highest BCUT2D eigenvalue weighted by Crippen LogP contribution is 2.32. The average molecular weight is 396 g/mol. The fraction of sp³-hybridized carbons (Fsp3) is 0.476. The molecule has 1 aromatic carbocycles. The highest BCUT2D eigenvalue weighted by molar-refractivity contribution is 5.80. The van der Waals surface area contributed by atoms with Gasteiger partial charge in [0.05, 0.1) is 17.8 Å². The minimum Gasteiger partial charge on any atom is -0.454 e. The summed E-state index contributed by atoms with van der Waals surface area (Å²) in [7, 11) is 0. The second kappa shape index (κ2) is 7.42. The van der Waals surface area contributed by atoms with Gasteiger partial charge in [0.2, 0.25) is 12.7 Å². The van der Waals surface area contributed by atoms with Crippen LogP contribution in [0.2, 0.25) is 0 Å². The molecule has 2 fully saturated rings. The number of carbonyl (C=O) groups excluding carboxylic acids is 1. The molecule has 1 amide bonds. The third kappa shape index (κ3) is 3.92. The number of benzene rings is 1. The van der Waals surface area contributed by atoms with Gasteiger partial charge >= 0.3 is 0 Å². The summed E-state index contributed by atoms with van der Waals surface area (Å²) in [5, 5.41) is 7.33. The molecule has 5 rings (SSSR count). The molecule has 0 bridgehead atoms. The summed E-state index contributed by atoms with van der Waals surface area (Å²) in [5.74, 6) is 1.99. The molecule has 0 spiro atoms. The van der Waals surface area contributed by atoms with Crippen LogP contribution in [0.3, 0.4) is 0 Å². The molecular formula is C21H24N4O4. The predicted molar refractivity (Wildman–Crippen MR) is 106 cm³/mol. The molecule has 1 aromatic heterocycles. The van der Waals surface area contributed by atoms with Crippen molar-refractivity contribution in [1.29, 1.82) is 0 Å². The maximum atomic E-state index is 12.6. The zero-order valence-electron chi connectivity index (χ0n) is 16.2. The Balaban J connectivity index is 1.16. The predicted octanol–water partition coefficient (Wildman–Crippen LogP) is 1.52. The quantitative estimate of drug-likeness (QED) is 0.797. The molecule has 1 saturated heterocycles. The lowest BCUT2D eigenvalue weighted by Crippen LogP contribution is -2.33. The lowest BCUT2D eigenvalue weighted by Gasteiger charge is -2.18. The molecule has 0 radical (unpaired) electrons. The number of aromatic nitrogens is 2. The minimum atomic E-state index is -0.0992. The zero-order chi connectivity index (χ0) is 19.8. The van der Waals surface area contributed by atoms with E-state index in [1.807, 2.05) is 18.2 Å². The molecule has 29 heavy (non-hydrogen) atoms. The molecule has 2 aromatic rings. The van der Waals surface area contributed by atoms with E-state index in [9.17, 15) is 9.59 Å². The zero-order valence-corrected chi connectivity index (χ0v) is 16.2. The fourth-order valence-electron chi connectivity index (χ4n) is 3.87. The first-order chi connectivity index (χ1) is 14.2. The van der Waals surface area contributed by atoms with Gasteiger partial charge in [0.15, 0.2) is 11.5 Å². The van der Waals surface area contributed by atoms with Crippen LogP contribution in [0, 0.1) is 11.8 Å². The van der Waals surface area contributed by atoms with E-state index < -0.39 is 0 Å². The van der Waals surface area contributed by atoms with E-state index in [1.165, 1.54) is 12.8 Å². The monoisotopic (exact) mass is 396 g/mol. The Kier molecular flexibility index (Phi) is 4.61. The van der Waals surface area contributed by atoms with Crippen molar-refractivity contribution < 1.29 is 14.3 Å². The van der Waals surface area contributed by atoms with E-state index in [-0.39, 0.29) is 24.2 Å². The Hall–Kier alpha value is -3.03. The second-order valence-electron chi connectivity index (χ2n) is 8.01. The highest BCUT2D eigenvalue weighted by atomic mass is 16.7. The summed E-state index contributed by atoms with van der Waals surface area (Å²) in [5.41, 5.74) is 1.71. The van der Waals surface area contributed by atoms with Gasteiger partial charge in [-0.05, 0) is 42.9 Å². The number of hydrogen-bond donors (Lipinski definition) is 1. The first-order valence-electron chi connectivity index (χ1n) is 10.1. The van der Waals surface area contributed by atoms with Gasteiger partial charge in [-0.1, -0.05) is 6.07 Å². The van der Waals surface area contributed by atoms with Crippen LogP contribution in [-0.4, -0.2) is 35.6 Å². The Bertz CT molecular complexity index is 985. The molecule has 8 heteroatoms. The summed E-state index contributed by atoms with van der Waals surface area (Å²) in [6, 6.07) is 7.32. The van der Waals surface area contributed by atoms with E-state index in [2.05, 4.69) is 15.3 Å². The Morgan fingerprint density at radius 3 is 2.86 bits per heavy atom. The van der Waals surface area contributed by atoms with Crippen LogP contribution < -0.4 is 25.2 Å². The maximum Gasteiger partial charge on any atom is 0.268 e. The topological polar surface area (TPSA) is 85.7 Å². The van der Waals surface area contributed by atoms with Crippen LogP contribution >= 0.6 is 0 Å². The van der Waals surface area contributed by atoms with E-state index >= 15 is 0 Å². The Morgan fingerprint density at radius 1 is 1.17 bits per heavy atom. The van der Waals surface area contributed by atoms with Crippen molar-refractivity contribution in [3.8, 4) is 11.5 Å². The van der Waals surface area contributed by atoms with Gasteiger partial charge in [-0.3, -0.25) is 9.59 Å². The lowest BCUT2D eigenvalue weighted by atomic mass is 10.1. The smallest absolute Gasteiger partial charge is 0.268 e. The van der Waals surface area contributed by atoms with Crippen LogP contribution in [-0.2, 0) is 17.9 Å². The van der Waals surface area contributed by atoms with Crippen molar-refractivity contribution in [2.75, 3.05) is 24.8 Å². The molecule has 3 heterocycles. The number of rotatable bonds is 6. The van der Waals surface area contributed by atoms with Crippen LogP contribution in [0.25, 0.3) is 0 Å². The van der Waals surface area contributed by atoms with Crippen molar-refractivity contribution in [3.63, 3.8) is 0 Å². The van der Waals surface area contributed by atoms with Crippen molar-refractivity contribution in [3.05, 3.63) is 46.4 Å². The fourth-order valence-corrected chi connectivity index (χ4v) is 3.87. The molecular weight excluding hydrogens is 372 g/mol. The van der Waals surface area contributed by atoms with E-state index in [0.717, 1.165) is 30.0 Å². The Morgan fingerprint density at radius 2 is 2.03 bits per heavy atom. The molecule has 3 aliphatic rings. The molecule has 1 N–H and O–H groups in total. The normalized spacial score (nSPS) is 20.1. The number of fused-ring (bicyclic) bond motifs is 1. The Labute approximate surface area is 168 Å². The number of hydrogen-bond acceptors (Lipinski definition) is 6. The van der Waals surface area contributed by atoms with Gasteiger partial charge in [-0.2, -0.15) is 5.10 Å². The number of amides is 1. The summed E-state index contributed by atoms with van der Waals surface area (Å²) in [6.07, 6.45) is 4.88. The van der Waals surface area contributed by atoms with Crippen LogP contribution in [0.5, 0.6) is 11.5 Å². The van der Waals surface area contributed by atoms with Gasteiger partial charge < -0.3 is 19.7 Å². The lowest BCUT2D eigenvalue weighted by molar-refractivity contribution is -0.124. The van der Waals surface area contributed by atoms with E-state index in [4.69, 9.17) is 9.47 Å². The largest absolute Gasteiger partial charge is 0.454 e. The molecule has 152 valence electrons. The molecule has 2 aliphatic heterocycles. The van der Waals surface area contributed by atoms with Gasteiger partial charge in [0, 0.05) is 32.2 Å². The number of ether oxygens (including phenoxy) is 2. The van der Waals surface area contributed by atoms with Gasteiger partial charge in [-0.15, -0.1) is 0 Å². The number of nitrogens with zero attached hydrogens (tertiary/aromatic N) is 3. The average Bonchev–Trinajstić information content (AvgIpc) is 3.21. The maximum absolute atomic E-state index is 12.6. The first-order valence-corrected chi connectivity index (χ1v) is 10.1. The minimum absolute atomic E-state index is 0.0280. The number of nitrogens with one attached hydrogen (secondary N) is 1. The molecule has 1 saturated carbocycles. The van der Waals surface area contributed by atoms with Gasteiger partial charge in [0.1, 0.15) is 0 Å². The highest BCUT2D eigenvalue weighted by Gasteiger charge is 2.29. The summed E-state index contributed by atoms with van der Waals surface area (Å²) < 4.78 is 12.2. The SMILES string of the molecule is O=C(NCc1ccc2c(c1)OCO2)C1CCN(c2cnn(CC3CC3)c(=O)c2)C1. The van der Waals surface area contributed by atoms with Crippen molar-refractivity contribution in [1.82, 2.24) is 15.1 Å². The standard InChI is InChI=1S/C21H24N4O4/c26-20-8-17(10-23-25(20)11-14-1-2-14)24-6-5-16(12-24)21(27)22-9-15-3-4-18-19(7-15)29-13-28-18/h3-4,7-8,10,14,16H,1-2,5-6,9,11-13H2,(H,22,27). The van der Waals surface area contributed by atoms with Gasteiger partial charge in [-0.25, -0.2) is 4.68 Å². The second-order valence-corrected chi connectivity index (χ2v) is 8.01. The van der Waals surface area contributed by atoms with Crippen LogP contribution in [0.1, 0.15) is 24.8 Å². The first kappa shape index (κ1) is 18.0. The van der Waals surface area contributed by atoms with Crippen LogP contribution in [0.4, 0.5) is 5.69 Å². The number of carbonyl (C=O) groups is 1. The third-order valence-corrected chi connectivity index (χ3v) is 5.81. The summed E-state index contributed by atoms with van der Waals surface area (Å²) >= 11 is 0. The van der Waals surface area contributed by atoms with Crippen molar-refractivity contribution >= 4 is 11.6 Å². The van der Waals surface area contributed by atoms with E-state index in [0.29, 0.717) is 31.3 Å². The van der Waals surface area contributed by atoms with Crippen LogP contribution in [0.15, 0.2) is 35.3 Å². The molecule has 1 unspecified atom stereocenters. The van der Waals surface area contributed by atoms with Gasteiger partial charge in [0.25, 0.3) is 5.56 Å². The van der Waals surface area contributed by atoms with Crippen molar-refractivity contribution in [2.45, 2.75) is 32.4 Å². The number of anilines is 1. The molecule has 1 aliphatic carbocycles. The van der Waals surface area contributed by atoms with Crippen molar-refractivity contribution in [2.24, 2.45) is 11.8 Å². The summed E-state index contributed by atoms with van der Waals surface area (Å²) in [4.78, 5) is 27.0. The summed E-state index contributed by atoms with van der Waals surface area (Å²) in [6.45, 7) is 2.74.